The van der Waals surface area contributed by atoms with Gasteiger partial charge in [-0.25, -0.2) is 6.57 Å². The fourth-order valence-electron chi connectivity index (χ4n) is 11.6. The molecular weight excluding hydrogens is 554 g/mol. The molecule has 0 saturated heterocycles. The van der Waals surface area contributed by atoms with Gasteiger partial charge in [0.05, 0.1) is 5.41 Å². The van der Waals surface area contributed by atoms with E-state index in [1.165, 1.54) is 5.57 Å². The van der Waals surface area contributed by atoms with Crippen LogP contribution in [-0.2, 0) is 20.9 Å². The first kappa shape index (κ1) is 30.9. The van der Waals surface area contributed by atoms with Crippen molar-refractivity contribution in [2.75, 3.05) is 0 Å². The zero-order valence-corrected chi connectivity index (χ0v) is 28.1. The maximum Gasteiger partial charge on any atom is 0.313 e. The maximum absolute atomic E-state index is 14.2. The van der Waals surface area contributed by atoms with E-state index in [2.05, 4.69) is 53.3 Å². The van der Waals surface area contributed by atoms with E-state index in [0.29, 0.717) is 13.0 Å². The van der Waals surface area contributed by atoms with E-state index in [0.717, 1.165) is 62.0 Å². The number of nitrogens with zero attached hydrogens (tertiary/aromatic N) is 1. The van der Waals surface area contributed by atoms with Crippen LogP contribution in [-0.4, -0.2) is 17.8 Å². The minimum Gasteiger partial charge on any atom is -0.460 e. The second-order valence-corrected chi connectivity index (χ2v) is 17.5. The molecule has 5 aliphatic carbocycles. The molecule has 4 nitrogen and oxygen atoms in total. The number of carbonyl (C=O) groups is 2. The van der Waals surface area contributed by atoms with Crippen LogP contribution in [0.5, 0.6) is 0 Å². The van der Waals surface area contributed by atoms with Gasteiger partial charge in [0.15, 0.2) is 0 Å². The monoisotopic (exact) mass is 603 g/mol. The third-order valence-electron chi connectivity index (χ3n) is 14.2. The van der Waals surface area contributed by atoms with Gasteiger partial charge < -0.3 is 9.58 Å². The molecule has 232 valence electrons. The van der Waals surface area contributed by atoms with Gasteiger partial charge >= 0.3 is 5.97 Å². The molecule has 43 heavy (non-hydrogen) atoms. The summed E-state index contributed by atoms with van der Waals surface area (Å²) in [6.45, 7) is 24.4. The quantitative estimate of drug-likeness (QED) is 0.255. The second-order valence-electron chi connectivity index (χ2n) is 17.0. The lowest BCUT2D eigenvalue weighted by Gasteiger charge is -2.70. The molecule has 0 bridgehead atoms. The number of hydrogen-bond acceptors (Lipinski definition) is 3. The first-order chi connectivity index (χ1) is 20.1. The lowest BCUT2D eigenvalue weighted by Crippen LogP contribution is -2.66. The Bertz CT molecular complexity index is 1410. The summed E-state index contributed by atoms with van der Waals surface area (Å²) < 4.78 is 6.15. The molecule has 0 aliphatic heterocycles. The van der Waals surface area contributed by atoms with Crippen LogP contribution in [0.4, 0.5) is 0 Å². The van der Waals surface area contributed by atoms with Crippen LogP contribution in [0, 0.1) is 56.8 Å². The molecule has 4 saturated carbocycles. The number of carbonyl (C=O) groups excluding carboxylic acids is 2. The number of Topliss-reactive ketones (excluding diaryl/α,β-unsaturated/α-hetero) is 1. The van der Waals surface area contributed by atoms with Crippen LogP contribution in [0.25, 0.3) is 4.85 Å². The van der Waals surface area contributed by atoms with Crippen molar-refractivity contribution in [2.24, 2.45) is 50.2 Å². The van der Waals surface area contributed by atoms with E-state index >= 15 is 0 Å². The number of esters is 1. The second kappa shape index (κ2) is 9.94. The largest absolute Gasteiger partial charge is 0.460 e. The summed E-state index contributed by atoms with van der Waals surface area (Å²) in [7, 11) is 0. The molecule has 0 aromatic heterocycles. The summed E-state index contributed by atoms with van der Waals surface area (Å²) in [5, 5.41) is 0.948. The molecule has 0 N–H and O–H groups in total. The van der Waals surface area contributed by atoms with Crippen LogP contribution in [0.15, 0.2) is 40.9 Å². The Hall–Kier alpha value is -2.12. The highest BCUT2D eigenvalue weighted by Gasteiger charge is 2.72. The van der Waals surface area contributed by atoms with Crippen LogP contribution in [0.1, 0.15) is 112 Å². The van der Waals surface area contributed by atoms with Crippen molar-refractivity contribution < 1.29 is 14.3 Å². The van der Waals surface area contributed by atoms with Crippen molar-refractivity contribution in [3.8, 4) is 0 Å². The number of rotatable bonds is 3. The molecule has 8 atom stereocenters. The van der Waals surface area contributed by atoms with E-state index in [1.807, 2.05) is 30.3 Å². The zero-order chi connectivity index (χ0) is 31.2. The number of hydrogen-bond donors (Lipinski definition) is 0. The van der Waals surface area contributed by atoms with Gasteiger partial charge in [0, 0.05) is 16.9 Å². The Morgan fingerprint density at radius 1 is 0.953 bits per heavy atom. The first-order valence-corrected chi connectivity index (χ1v) is 16.9. The highest BCUT2D eigenvalue weighted by Crippen LogP contribution is 2.77. The van der Waals surface area contributed by atoms with Gasteiger partial charge in [0.1, 0.15) is 6.61 Å². The lowest BCUT2D eigenvalue weighted by molar-refractivity contribution is -0.192. The normalized spacial score (nSPS) is 42.9. The van der Waals surface area contributed by atoms with Gasteiger partial charge in [-0.3, -0.25) is 9.59 Å². The van der Waals surface area contributed by atoms with Crippen LogP contribution in [0.3, 0.4) is 0 Å². The standard InChI is InChI=1S/C38H50ClNO3/c1-33(2)16-18-38(32(42)43-23-24-12-10-9-11-13-24)19-17-37(7)30(25(38)21-33)26(39)20-29-35(5)22-27(40-8)31(41)34(3,4)28(35)14-15-36(29,37)6/h9-13,25,27-29H,14-23H2,1-7H3/t25?,27?,28?,29?,35-,36+,37+,38-/m0/s1. The Morgan fingerprint density at radius 2 is 1.63 bits per heavy atom. The predicted molar refractivity (Wildman–Crippen MR) is 171 cm³/mol. The van der Waals surface area contributed by atoms with Gasteiger partial charge in [-0.2, -0.15) is 0 Å². The van der Waals surface area contributed by atoms with Crippen LogP contribution < -0.4 is 0 Å². The minimum absolute atomic E-state index is 0.0310. The van der Waals surface area contributed by atoms with E-state index < -0.39 is 16.9 Å². The van der Waals surface area contributed by atoms with Crippen molar-refractivity contribution in [1.82, 2.24) is 0 Å². The average Bonchev–Trinajstić information content (AvgIpc) is 2.95. The smallest absolute Gasteiger partial charge is 0.313 e. The van der Waals surface area contributed by atoms with Crippen molar-refractivity contribution in [1.29, 1.82) is 0 Å². The van der Waals surface area contributed by atoms with E-state index in [9.17, 15) is 9.59 Å². The summed E-state index contributed by atoms with van der Waals surface area (Å²) in [5.74, 6) is 0.660. The molecule has 0 radical (unpaired) electrons. The molecule has 5 heteroatoms. The number of benzene rings is 1. The molecular formula is C38H50ClNO3. The Kier molecular flexibility index (Phi) is 7.14. The SMILES string of the molecule is [C-]#[N+]C1C[C@@]2(C)C(CC[C@]3(C)C2CC(Cl)=C2C4CC(C)(C)CC[C@]4(C(=O)OCc4ccccc4)CC[C@]23C)C(C)(C)C1=O. The summed E-state index contributed by atoms with van der Waals surface area (Å²) in [6, 6.07) is 9.42. The summed E-state index contributed by atoms with van der Waals surface area (Å²) in [6.07, 6.45) is 7.97. The molecule has 4 fully saturated rings. The van der Waals surface area contributed by atoms with Crippen LogP contribution >= 0.6 is 11.6 Å². The van der Waals surface area contributed by atoms with Crippen molar-refractivity contribution in [2.45, 2.75) is 119 Å². The highest BCUT2D eigenvalue weighted by molar-refractivity contribution is 6.30. The van der Waals surface area contributed by atoms with E-state index in [-0.39, 0.29) is 51.2 Å². The molecule has 0 amide bonds. The fourth-order valence-corrected chi connectivity index (χ4v) is 12.1. The van der Waals surface area contributed by atoms with Crippen LogP contribution in [0.2, 0.25) is 0 Å². The average molecular weight is 604 g/mol. The number of allylic oxidation sites excluding steroid dienone is 2. The number of halogens is 1. The summed E-state index contributed by atoms with van der Waals surface area (Å²) >= 11 is 7.58. The van der Waals surface area contributed by atoms with E-state index in [4.69, 9.17) is 22.9 Å². The Labute approximate surface area is 264 Å². The number of fused-ring (bicyclic) bond motifs is 7. The van der Waals surface area contributed by atoms with Gasteiger partial charge in [0.25, 0.3) is 6.04 Å². The lowest BCUT2D eigenvalue weighted by atomic mass is 9.33. The molecule has 1 aromatic carbocycles. The van der Waals surface area contributed by atoms with Gasteiger partial charge in [-0.05, 0) is 102 Å². The van der Waals surface area contributed by atoms with Crippen molar-refractivity contribution in [3.63, 3.8) is 0 Å². The summed E-state index contributed by atoms with van der Waals surface area (Å²) in [5.41, 5.74) is 1.08. The topological polar surface area (TPSA) is 47.7 Å². The predicted octanol–water partition coefficient (Wildman–Crippen LogP) is 9.56. The maximum atomic E-state index is 14.2. The zero-order valence-electron chi connectivity index (χ0n) is 27.3. The van der Waals surface area contributed by atoms with E-state index in [1.54, 1.807) is 0 Å². The number of ether oxygens (including phenoxy) is 1. The Morgan fingerprint density at radius 3 is 2.30 bits per heavy atom. The minimum atomic E-state index is -0.576. The molecule has 0 spiro atoms. The molecule has 1 aromatic rings. The van der Waals surface area contributed by atoms with Crippen molar-refractivity contribution in [3.05, 3.63) is 57.9 Å². The Balaban J connectivity index is 1.42. The molecule has 6 rings (SSSR count). The molecule has 0 heterocycles. The first-order valence-electron chi connectivity index (χ1n) is 16.6. The molecule has 4 unspecified atom stereocenters. The number of ketones is 1. The van der Waals surface area contributed by atoms with Gasteiger partial charge in [-0.1, -0.05) is 90.4 Å². The van der Waals surface area contributed by atoms with Gasteiger partial charge in [0.2, 0.25) is 5.78 Å². The highest BCUT2D eigenvalue weighted by atomic mass is 35.5. The van der Waals surface area contributed by atoms with Gasteiger partial charge in [-0.15, -0.1) is 0 Å². The van der Waals surface area contributed by atoms with Crippen molar-refractivity contribution >= 4 is 23.4 Å². The summed E-state index contributed by atoms with van der Waals surface area (Å²) in [4.78, 5) is 31.6. The fraction of sp³-hybridized carbons (Fsp3) is 0.711. The third-order valence-corrected chi connectivity index (χ3v) is 14.5. The molecule has 5 aliphatic rings. The third kappa shape index (κ3) is 4.26.